The summed E-state index contributed by atoms with van der Waals surface area (Å²) in [6.07, 6.45) is -3.60. The molecule has 0 amide bonds. The first kappa shape index (κ1) is 8.34. The van der Waals surface area contributed by atoms with Gasteiger partial charge in [0.05, 0.1) is 0 Å². The first-order chi connectivity index (χ1) is 6.07. The molecule has 2 heterocycles. The zero-order chi connectivity index (χ0) is 9.47. The van der Waals surface area contributed by atoms with Crippen LogP contribution in [0.4, 0.5) is 19.0 Å². The molecule has 0 unspecified atom stereocenters. The smallest absolute Gasteiger partial charge is 0.369 e. The zero-order valence-corrected chi connectivity index (χ0v) is 6.65. The fourth-order valence-electron chi connectivity index (χ4n) is 1.32. The summed E-state index contributed by atoms with van der Waals surface area (Å²) in [6, 6.07) is 2.50. The van der Waals surface area contributed by atoms with Gasteiger partial charge >= 0.3 is 6.18 Å². The van der Waals surface area contributed by atoms with E-state index in [0.29, 0.717) is 12.4 Å². The maximum atomic E-state index is 12.2. The van der Waals surface area contributed by atoms with Crippen LogP contribution in [0.2, 0.25) is 0 Å². The van der Waals surface area contributed by atoms with E-state index in [-0.39, 0.29) is 0 Å². The number of fused-ring (bicyclic) bond motifs is 1. The highest BCUT2D eigenvalue weighted by Crippen LogP contribution is 2.30. The van der Waals surface area contributed by atoms with E-state index in [0.717, 1.165) is 18.1 Å². The molecule has 0 fully saturated rings. The van der Waals surface area contributed by atoms with Crippen molar-refractivity contribution in [2.24, 2.45) is 0 Å². The van der Waals surface area contributed by atoms with Crippen molar-refractivity contribution in [3.63, 3.8) is 0 Å². The molecule has 2 nitrogen and oxygen atoms in total. The Balaban J connectivity index is 2.42. The molecule has 0 aromatic carbocycles. The van der Waals surface area contributed by atoms with Crippen molar-refractivity contribution < 1.29 is 13.2 Å². The lowest BCUT2D eigenvalue weighted by molar-refractivity contribution is -0.141. The van der Waals surface area contributed by atoms with E-state index in [4.69, 9.17) is 0 Å². The summed E-state index contributed by atoms with van der Waals surface area (Å²) < 4.78 is 36.5. The molecule has 70 valence electrons. The molecule has 13 heavy (non-hydrogen) atoms. The Bertz CT molecular complexity index is 333. The van der Waals surface area contributed by atoms with Crippen molar-refractivity contribution in [2.45, 2.75) is 12.6 Å². The van der Waals surface area contributed by atoms with Gasteiger partial charge in [-0.1, -0.05) is 6.07 Å². The van der Waals surface area contributed by atoms with Gasteiger partial charge in [-0.3, -0.25) is 0 Å². The largest absolute Gasteiger partial charge is 0.433 e. The summed E-state index contributed by atoms with van der Waals surface area (Å²) in [4.78, 5) is 3.49. The number of anilines is 1. The van der Waals surface area contributed by atoms with Crippen molar-refractivity contribution in [3.8, 4) is 0 Å². The van der Waals surface area contributed by atoms with Gasteiger partial charge in [0, 0.05) is 6.54 Å². The van der Waals surface area contributed by atoms with Gasteiger partial charge in [0.15, 0.2) is 0 Å². The molecule has 0 aliphatic carbocycles. The van der Waals surface area contributed by atoms with Gasteiger partial charge in [-0.2, -0.15) is 13.2 Å². The van der Waals surface area contributed by atoms with Crippen molar-refractivity contribution in [2.75, 3.05) is 11.9 Å². The molecule has 0 bridgehead atoms. The Labute approximate surface area is 72.8 Å². The van der Waals surface area contributed by atoms with Gasteiger partial charge in [0.1, 0.15) is 11.5 Å². The number of hydrogen-bond acceptors (Lipinski definition) is 2. The molecule has 1 N–H and O–H groups in total. The van der Waals surface area contributed by atoms with Crippen LogP contribution in [0.1, 0.15) is 11.3 Å². The monoisotopic (exact) mass is 188 g/mol. The molecule has 1 aromatic rings. The summed E-state index contributed by atoms with van der Waals surface area (Å²) in [6.45, 7) is 0.670. The molecule has 5 heteroatoms. The van der Waals surface area contributed by atoms with Gasteiger partial charge < -0.3 is 5.32 Å². The molecule has 1 aromatic heterocycles. The number of hydrogen-bond donors (Lipinski definition) is 1. The van der Waals surface area contributed by atoms with E-state index in [9.17, 15) is 13.2 Å². The van der Waals surface area contributed by atoms with Crippen molar-refractivity contribution in [1.82, 2.24) is 4.98 Å². The van der Waals surface area contributed by atoms with Crippen LogP contribution in [0.15, 0.2) is 12.1 Å². The van der Waals surface area contributed by atoms with Gasteiger partial charge in [0.2, 0.25) is 0 Å². The Morgan fingerprint density at radius 3 is 2.77 bits per heavy atom. The average Bonchev–Trinajstić information content (AvgIpc) is 2.47. The van der Waals surface area contributed by atoms with Crippen LogP contribution in [-0.4, -0.2) is 11.5 Å². The van der Waals surface area contributed by atoms with E-state index in [1.807, 2.05) is 0 Å². The van der Waals surface area contributed by atoms with E-state index < -0.39 is 11.9 Å². The van der Waals surface area contributed by atoms with Crippen molar-refractivity contribution in [1.29, 1.82) is 0 Å². The topological polar surface area (TPSA) is 24.9 Å². The van der Waals surface area contributed by atoms with Gasteiger partial charge in [-0.15, -0.1) is 0 Å². The third-order valence-electron chi connectivity index (χ3n) is 1.96. The zero-order valence-electron chi connectivity index (χ0n) is 6.65. The number of nitrogens with zero attached hydrogens (tertiary/aromatic N) is 1. The average molecular weight is 188 g/mol. The minimum atomic E-state index is -4.35. The first-order valence-corrected chi connectivity index (χ1v) is 3.88. The van der Waals surface area contributed by atoms with Crippen LogP contribution >= 0.6 is 0 Å². The molecule has 2 rings (SSSR count). The standard InChI is InChI=1S/C8H7F3N2/c9-8(10,11)6-2-1-5-3-4-12-7(5)13-6/h1-2H,3-4H2,(H,12,13). The van der Waals surface area contributed by atoms with Crippen molar-refractivity contribution in [3.05, 3.63) is 23.4 Å². The maximum absolute atomic E-state index is 12.2. The number of halogens is 3. The fourth-order valence-corrected chi connectivity index (χ4v) is 1.32. The van der Waals surface area contributed by atoms with Crippen LogP contribution in [0.3, 0.4) is 0 Å². The van der Waals surface area contributed by atoms with Crippen LogP contribution in [0.5, 0.6) is 0 Å². The number of nitrogens with one attached hydrogen (secondary N) is 1. The Morgan fingerprint density at radius 1 is 1.31 bits per heavy atom. The fraction of sp³-hybridized carbons (Fsp3) is 0.375. The predicted molar refractivity (Wildman–Crippen MR) is 41.4 cm³/mol. The van der Waals surface area contributed by atoms with Gasteiger partial charge in [0.25, 0.3) is 0 Å². The molecule has 0 saturated heterocycles. The Morgan fingerprint density at radius 2 is 2.08 bits per heavy atom. The summed E-state index contributed by atoms with van der Waals surface area (Å²) >= 11 is 0. The Hall–Kier alpha value is -1.26. The number of pyridine rings is 1. The normalized spacial score (nSPS) is 15.3. The second-order valence-corrected chi connectivity index (χ2v) is 2.88. The van der Waals surface area contributed by atoms with Crippen molar-refractivity contribution >= 4 is 5.82 Å². The third-order valence-corrected chi connectivity index (χ3v) is 1.96. The minimum Gasteiger partial charge on any atom is -0.369 e. The Kier molecular flexibility index (Phi) is 1.68. The van der Waals surface area contributed by atoms with Gasteiger partial charge in [-0.25, -0.2) is 4.98 Å². The van der Waals surface area contributed by atoms with Crippen LogP contribution in [0.25, 0.3) is 0 Å². The molecule has 0 spiro atoms. The molecular formula is C8H7F3N2. The lowest BCUT2D eigenvalue weighted by Gasteiger charge is -2.06. The van der Waals surface area contributed by atoms with E-state index in [1.165, 1.54) is 6.07 Å². The van der Waals surface area contributed by atoms with Crippen LogP contribution < -0.4 is 5.32 Å². The molecule has 0 saturated carbocycles. The van der Waals surface area contributed by atoms with E-state index in [2.05, 4.69) is 10.3 Å². The third kappa shape index (κ3) is 1.46. The molecule has 0 atom stereocenters. The predicted octanol–water partition coefficient (Wildman–Crippen LogP) is 2.07. The highest BCUT2D eigenvalue weighted by atomic mass is 19.4. The maximum Gasteiger partial charge on any atom is 0.433 e. The summed E-state index contributed by atoms with van der Waals surface area (Å²) in [5, 5.41) is 2.80. The lowest BCUT2D eigenvalue weighted by Crippen LogP contribution is -2.08. The van der Waals surface area contributed by atoms with Crippen LogP contribution in [-0.2, 0) is 12.6 Å². The summed E-state index contributed by atoms with van der Waals surface area (Å²) in [5.74, 6) is 0.370. The second kappa shape index (κ2) is 2.61. The van der Waals surface area contributed by atoms with Gasteiger partial charge in [-0.05, 0) is 18.1 Å². The number of alkyl halides is 3. The quantitative estimate of drug-likeness (QED) is 0.674. The number of rotatable bonds is 0. The molecule has 1 aliphatic heterocycles. The second-order valence-electron chi connectivity index (χ2n) is 2.88. The SMILES string of the molecule is FC(F)(F)c1ccc2c(n1)NCC2. The highest BCUT2D eigenvalue weighted by Gasteiger charge is 2.33. The van der Waals surface area contributed by atoms with Crippen LogP contribution in [0, 0.1) is 0 Å². The number of aromatic nitrogens is 1. The summed E-state index contributed by atoms with van der Waals surface area (Å²) in [5.41, 5.74) is 0.0219. The molecule has 1 aliphatic rings. The highest BCUT2D eigenvalue weighted by molar-refractivity contribution is 5.49. The van der Waals surface area contributed by atoms with E-state index in [1.54, 1.807) is 0 Å². The minimum absolute atomic E-state index is 0.370. The van der Waals surface area contributed by atoms with E-state index >= 15 is 0 Å². The molecule has 0 radical (unpaired) electrons. The first-order valence-electron chi connectivity index (χ1n) is 3.88. The molecular weight excluding hydrogens is 181 g/mol. The summed E-state index contributed by atoms with van der Waals surface area (Å²) in [7, 11) is 0. The lowest BCUT2D eigenvalue weighted by atomic mass is 10.2.